The highest BCUT2D eigenvalue weighted by Gasteiger charge is 2.30. The van der Waals surface area contributed by atoms with Crippen LogP contribution < -0.4 is 0 Å². The van der Waals surface area contributed by atoms with Gasteiger partial charge in [-0.3, -0.25) is 37.3 Å². The van der Waals surface area contributed by atoms with Gasteiger partial charge in [0.15, 0.2) is 12.2 Å². The molecule has 0 aliphatic rings. The zero-order valence-corrected chi connectivity index (χ0v) is 68.3. The Bertz CT molecular complexity index is 1970. The number of aliphatic hydroxyl groups is 1. The molecular formula is C82H160O17P2. The van der Waals surface area contributed by atoms with Gasteiger partial charge in [0.05, 0.1) is 26.4 Å². The second kappa shape index (κ2) is 71.0. The fourth-order valence-electron chi connectivity index (χ4n) is 12.6. The van der Waals surface area contributed by atoms with Gasteiger partial charge in [-0.15, -0.1) is 0 Å². The molecule has 3 N–H and O–H groups in total. The van der Waals surface area contributed by atoms with Crippen LogP contribution in [0.2, 0.25) is 0 Å². The molecule has 0 spiro atoms. The van der Waals surface area contributed by atoms with Crippen LogP contribution in [0.25, 0.3) is 0 Å². The minimum absolute atomic E-state index is 0.106. The number of esters is 4. The Kier molecular flexibility index (Phi) is 69.6. The van der Waals surface area contributed by atoms with Crippen LogP contribution in [0.15, 0.2) is 0 Å². The van der Waals surface area contributed by atoms with Crippen molar-refractivity contribution in [2.45, 2.75) is 440 Å². The molecule has 0 aromatic carbocycles. The van der Waals surface area contributed by atoms with Gasteiger partial charge in [0, 0.05) is 25.7 Å². The SMILES string of the molecule is CC(C)CCCCCCCCCCCCCCCCCC(=O)OC[C@H](COP(=O)(O)OCC(O)COP(=O)(O)OC[C@@H](COC(=O)CCCCCCCCCC(C)C)OC(=O)CCCCCCCCCCCCCCCC(C)C)OC(=O)CCCCCCCCCCCCCCCCC(C)C. The van der Waals surface area contributed by atoms with Gasteiger partial charge in [-0.25, -0.2) is 9.13 Å². The molecule has 0 saturated heterocycles. The van der Waals surface area contributed by atoms with E-state index in [2.05, 4.69) is 55.4 Å². The van der Waals surface area contributed by atoms with Gasteiger partial charge < -0.3 is 33.8 Å². The van der Waals surface area contributed by atoms with Gasteiger partial charge in [-0.05, 0) is 49.4 Å². The first-order chi connectivity index (χ1) is 48.6. The van der Waals surface area contributed by atoms with E-state index >= 15 is 0 Å². The molecule has 0 radical (unpaired) electrons. The number of unbranched alkanes of at least 4 members (excludes halogenated alkanes) is 45. The molecule has 0 saturated carbocycles. The number of ether oxygens (including phenoxy) is 4. The van der Waals surface area contributed by atoms with Crippen LogP contribution in [0.1, 0.15) is 421 Å². The van der Waals surface area contributed by atoms with E-state index in [1.165, 1.54) is 218 Å². The van der Waals surface area contributed by atoms with E-state index in [9.17, 15) is 43.2 Å². The Balaban J connectivity index is 5.25. The second-order valence-corrected chi connectivity index (χ2v) is 34.3. The van der Waals surface area contributed by atoms with Crippen molar-refractivity contribution in [3.8, 4) is 0 Å². The van der Waals surface area contributed by atoms with Crippen molar-refractivity contribution in [2.75, 3.05) is 39.6 Å². The molecule has 3 unspecified atom stereocenters. The van der Waals surface area contributed by atoms with Crippen molar-refractivity contribution in [1.29, 1.82) is 0 Å². The zero-order valence-electron chi connectivity index (χ0n) is 66.5. The molecule has 0 bridgehead atoms. The van der Waals surface area contributed by atoms with E-state index in [0.717, 1.165) is 114 Å². The third-order valence-corrected chi connectivity index (χ3v) is 21.0. The molecule has 0 heterocycles. The fourth-order valence-corrected chi connectivity index (χ4v) is 14.2. The Morgan fingerprint density at radius 1 is 0.248 bits per heavy atom. The number of phosphoric ester groups is 2. The number of carbonyl (C=O) groups is 4. The van der Waals surface area contributed by atoms with Gasteiger partial charge >= 0.3 is 39.5 Å². The predicted octanol–water partition coefficient (Wildman–Crippen LogP) is 24.4. The molecular weight excluding hydrogens is 1320 g/mol. The number of aliphatic hydroxyl groups excluding tert-OH is 1. The zero-order chi connectivity index (χ0) is 74.6. The third kappa shape index (κ3) is 76.1. The number of carbonyl (C=O) groups excluding carboxylic acids is 4. The van der Waals surface area contributed by atoms with E-state index in [1.54, 1.807) is 0 Å². The van der Waals surface area contributed by atoms with E-state index < -0.39 is 97.5 Å². The molecule has 0 aliphatic heterocycles. The normalized spacial score (nSPS) is 14.0. The maximum Gasteiger partial charge on any atom is 0.472 e. The summed E-state index contributed by atoms with van der Waals surface area (Å²) in [5.74, 6) is 0.980. The highest BCUT2D eigenvalue weighted by atomic mass is 31.2. The summed E-state index contributed by atoms with van der Waals surface area (Å²) in [5, 5.41) is 10.6. The molecule has 600 valence electrons. The molecule has 0 amide bonds. The highest BCUT2D eigenvalue weighted by Crippen LogP contribution is 2.45. The Morgan fingerprint density at radius 3 is 0.614 bits per heavy atom. The monoisotopic (exact) mass is 1480 g/mol. The van der Waals surface area contributed by atoms with Crippen molar-refractivity contribution in [2.24, 2.45) is 23.7 Å². The maximum absolute atomic E-state index is 13.1. The van der Waals surface area contributed by atoms with Gasteiger partial charge in [-0.2, -0.15) is 0 Å². The molecule has 0 aromatic rings. The summed E-state index contributed by atoms with van der Waals surface area (Å²) in [4.78, 5) is 73.1. The molecule has 101 heavy (non-hydrogen) atoms. The number of phosphoric acid groups is 2. The lowest BCUT2D eigenvalue weighted by Gasteiger charge is -2.21. The Hall–Kier alpha value is -1.94. The van der Waals surface area contributed by atoms with Gasteiger partial charge in [-0.1, -0.05) is 370 Å². The van der Waals surface area contributed by atoms with E-state index in [0.29, 0.717) is 31.6 Å². The molecule has 5 atom stereocenters. The van der Waals surface area contributed by atoms with Gasteiger partial charge in [0.25, 0.3) is 0 Å². The standard InChI is InChI=1S/C82H160O17P2/c1-72(2)58-50-42-34-27-21-15-10-9-11-18-24-30-38-46-54-62-79(84)92-68-77(98-81(86)64-56-48-39-31-25-19-13-12-16-22-28-35-43-51-59-73(3)4)70-96-100(88,89)94-66-76(83)67-95-101(90,91)97-71-78(69-93-80(85)63-55-47-41-33-37-45-53-61-75(7)8)99-82(87)65-57-49-40-32-26-20-14-17-23-29-36-44-52-60-74(5)6/h72-78,83H,9-71H2,1-8H3,(H,88,89)(H,90,91)/t76?,77-,78-/m1/s1. The minimum atomic E-state index is -4.96. The lowest BCUT2D eigenvalue weighted by atomic mass is 10.0. The van der Waals surface area contributed by atoms with Crippen molar-refractivity contribution in [3.05, 3.63) is 0 Å². The smallest absolute Gasteiger partial charge is 0.462 e. The van der Waals surface area contributed by atoms with E-state index in [4.69, 9.17) is 37.0 Å². The lowest BCUT2D eigenvalue weighted by molar-refractivity contribution is -0.161. The maximum atomic E-state index is 13.1. The average Bonchev–Trinajstić information content (AvgIpc) is 0.928. The lowest BCUT2D eigenvalue weighted by Crippen LogP contribution is -2.30. The summed E-state index contributed by atoms with van der Waals surface area (Å²) in [7, 11) is -9.92. The molecule has 0 fully saturated rings. The van der Waals surface area contributed by atoms with Crippen LogP contribution >= 0.6 is 15.6 Å². The number of hydrogen-bond donors (Lipinski definition) is 3. The summed E-state index contributed by atoms with van der Waals surface area (Å²) in [6.07, 6.45) is 58.3. The first kappa shape index (κ1) is 99.1. The second-order valence-electron chi connectivity index (χ2n) is 31.4. The summed E-state index contributed by atoms with van der Waals surface area (Å²) in [6, 6.07) is 0. The van der Waals surface area contributed by atoms with Crippen molar-refractivity contribution in [3.63, 3.8) is 0 Å². The van der Waals surface area contributed by atoms with Crippen molar-refractivity contribution < 1.29 is 80.2 Å². The van der Waals surface area contributed by atoms with Gasteiger partial charge in [0.2, 0.25) is 0 Å². The number of hydrogen-bond acceptors (Lipinski definition) is 15. The molecule has 17 nitrogen and oxygen atoms in total. The average molecular weight is 1480 g/mol. The van der Waals surface area contributed by atoms with Crippen LogP contribution in [0.5, 0.6) is 0 Å². The van der Waals surface area contributed by atoms with Crippen LogP contribution in [-0.4, -0.2) is 96.7 Å². The topological polar surface area (TPSA) is 237 Å². The van der Waals surface area contributed by atoms with Gasteiger partial charge in [0.1, 0.15) is 19.3 Å². The molecule has 19 heteroatoms. The quantitative estimate of drug-likeness (QED) is 0.0222. The van der Waals surface area contributed by atoms with Crippen LogP contribution in [0, 0.1) is 23.7 Å². The Morgan fingerprint density at radius 2 is 0.416 bits per heavy atom. The predicted molar refractivity (Wildman–Crippen MR) is 414 cm³/mol. The Labute approximate surface area is 619 Å². The van der Waals surface area contributed by atoms with Crippen molar-refractivity contribution >= 4 is 39.5 Å². The largest absolute Gasteiger partial charge is 0.472 e. The third-order valence-electron chi connectivity index (χ3n) is 19.1. The summed E-state index contributed by atoms with van der Waals surface area (Å²) in [6.45, 7) is 14.3. The molecule has 0 rings (SSSR count). The summed E-state index contributed by atoms with van der Waals surface area (Å²) < 4.78 is 68.8. The number of rotatable bonds is 79. The fraction of sp³-hybridized carbons (Fsp3) is 0.951. The van der Waals surface area contributed by atoms with Crippen molar-refractivity contribution in [1.82, 2.24) is 0 Å². The molecule has 0 aromatic heterocycles. The minimum Gasteiger partial charge on any atom is -0.462 e. The van der Waals surface area contributed by atoms with Crippen LogP contribution in [0.3, 0.4) is 0 Å². The first-order valence-electron chi connectivity index (χ1n) is 42.2. The summed E-state index contributed by atoms with van der Waals surface area (Å²) >= 11 is 0. The van der Waals surface area contributed by atoms with Crippen LogP contribution in [-0.2, 0) is 65.4 Å². The highest BCUT2D eigenvalue weighted by molar-refractivity contribution is 7.47. The first-order valence-corrected chi connectivity index (χ1v) is 45.2. The van der Waals surface area contributed by atoms with E-state index in [-0.39, 0.29) is 25.7 Å². The molecule has 0 aliphatic carbocycles. The van der Waals surface area contributed by atoms with Crippen LogP contribution in [0.4, 0.5) is 0 Å². The summed E-state index contributed by atoms with van der Waals surface area (Å²) in [5.41, 5.74) is 0. The van der Waals surface area contributed by atoms with E-state index in [1.807, 2.05) is 0 Å².